The molecule has 0 radical (unpaired) electrons. The molecule has 2 rings (SSSR count). The summed E-state index contributed by atoms with van der Waals surface area (Å²) in [6.07, 6.45) is 3.01. The van der Waals surface area contributed by atoms with E-state index in [2.05, 4.69) is 4.40 Å². The topological polar surface area (TPSA) is 42.6 Å². The third-order valence-corrected chi connectivity index (χ3v) is 2.74. The number of hydrogen-bond donors (Lipinski definition) is 0. The van der Waals surface area contributed by atoms with Crippen LogP contribution in [0.25, 0.3) is 0 Å². The third-order valence-electron chi connectivity index (χ3n) is 1.76. The summed E-state index contributed by atoms with van der Waals surface area (Å²) in [6, 6.07) is 12.6. The summed E-state index contributed by atoms with van der Waals surface area (Å²) in [5, 5.41) is 0. The molecule has 0 saturated carbocycles. The van der Waals surface area contributed by atoms with Crippen LogP contribution in [-0.4, -0.2) is 10.4 Å². The van der Waals surface area contributed by atoms with Gasteiger partial charge < -0.3 is 4.42 Å². The van der Waals surface area contributed by atoms with Gasteiger partial charge in [0.2, 0.25) is 0 Å². The van der Waals surface area contributed by atoms with Crippen LogP contribution in [0.15, 0.2) is 62.4 Å². The third kappa shape index (κ3) is 2.63. The highest BCUT2D eigenvalue weighted by Crippen LogP contribution is 2.06. The number of furan rings is 1. The summed E-state index contributed by atoms with van der Waals surface area (Å²) in [6.45, 7) is 0. The minimum atomic E-state index is -1.36. The van der Waals surface area contributed by atoms with Crippen molar-refractivity contribution >= 4 is 17.2 Å². The number of nitrogens with zero attached hydrogens (tertiary/aromatic N) is 1. The molecule has 0 amide bonds. The lowest BCUT2D eigenvalue weighted by atomic mass is 10.4. The van der Waals surface area contributed by atoms with Crippen molar-refractivity contribution in [2.75, 3.05) is 0 Å². The average Bonchev–Trinajstić information content (AvgIpc) is 2.80. The summed E-state index contributed by atoms with van der Waals surface area (Å²) in [7, 11) is -1.36. The van der Waals surface area contributed by atoms with Crippen LogP contribution in [0.3, 0.4) is 0 Å². The Morgan fingerprint density at radius 2 is 1.93 bits per heavy atom. The van der Waals surface area contributed by atoms with Crippen LogP contribution in [0.4, 0.5) is 0 Å². The van der Waals surface area contributed by atoms with Gasteiger partial charge >= 0.3 is 0 Å². The molecule has 0 aliphatic carbocycles. The van der Waals surface area contributed by atoms with Crippen molar-refractivity contribution < 1.29 is 8.63 Å². The van der Waals surface area contributed by atoms with Crippen molar-refractivity contribution in [3.05, 3.63) is 54.5 Å². The molecule has 0 bridgehead atoms. The first-order valence-corrected chi connectivity index (χ1v) is 5.51. The molecule has 1 heterocycles. The van der Waals surface area contributed by atoms with E-state index in [-0.39, 0.29) is 0 Å². The minimum absolute atomic E-state index is 0.597. The van der Waals surface area contributed by atoms with Gasteiger partial charge in [-0.2, -0.15) is 4.40 Å². The molecule has 1 unspecified atom stereocenters. The highest BCUT2D eigenvalue weighted by Gasteiger charge is 1.98. The monoisotopic (exact) mass is 219 g/mol. The standard InChI is InChI=1S/C11H9NO2S/c13-15(11-6-2-1-3-7-11)12-9-10-5-4-8-14-10/h1-9H/b12-9+. The van der Waals surface area contributed by atoms with Crippen LogP contribution >= 0.6 is 0 Å². The van der Waals surface area contributed by atoms with Crippen LogP contribution in [0.5, 0.6) is 0 Å². The van der Waals surface area contributed by atoms with Gasteiger partial charge in [-0.3, -0.25) is 0 Å². The fourth-order valence-corrected chi connectivity index (χ4v) is 1.77. The van der Waals surface area contributed by atoms with E-state index in [1.807, 2.05) is 18.2 Å². The maximum Gasteiger partial charge on any atom is 0.172 e. The van der Waals surface area contributed by atoms with Crippen molar-refractivity contribution in [2.24, 2.45) is 4.40 Å². The van der Waals surface area contributed by atoms with E-state index in [9.17, 15) is 4.21 Å². The van der Waals surface area contributed by atoms with Crippen LogP contribution in [0, 0.1) is 0 Å². The molecule has 0 spiro atoms. The minimum Gasteiger partial charge on any atom is -0.463 e. The largest absolute Gasteiger partial charge is 0.463 e. The molecular weight excluding hydrogens is 210 g/mol. The summed E-state index contributed by atoms with van der Waals surface area (Å²) in [5.41, 5.74) is 0. The predicted octanol–water partition coefficient (Wildman–Crippen LogP) is 2.42. The van der Waals surface area contributed by atoms with Gasteiger partial charge in [0.15, 0.2) is 11.0 Å². The second-order valence-electron chi connectivity index (χ2n) is 2.81. The molecule has 0 fully saturated rings. The molecule has 15 heavy (non-hydrogen) atoms. The Kier molecular flexibility index (Phi) is 3.09. The van der Waals surface area contributed by atoms with Crippen molar-refractivity contribution in [1.82, 2.24) is 0 Å². The highest BCUT2D eigenvalue weighted by atomic mass is 32.2. The van der Waals surface area contributed by atoms with Gasteiger partial charge in [-0.25, -0.2) is 4.21 Å². The van der Waals surface area contributed by atoms with E-state index >= 15 is 0 Å². The quantitative estimate of drug-likeness (QED) is 0.744. The Balaban J connectivity index is 2.11. The Morgan fingerprint density at radius 1 is 1.13 bits per heavy atom. The first kappa shape index (κ1) is 9.86. The predicted molar refractivity (Wildman–Crippen MR) is 59.2 cm³/mol. The van der Waals surface area contributed by atoms with E-state index in [0.29, 0.717) is 10.7 Å². The van der Waals surface area contributed by atoms with E-state index in [1.165, 1.54) is 6.21 Å². The van der Waals surface area contributed by atoms with Gasteiger partial charge in [0.05, 0.1) is 17.4 Å². The SMILES string of the molecule is O=S(/N=C/c1ccco1)c1ccccc1. The van der Waals surface area contributed by atoms with Crippen LogP contribution in [0.2, 0.25) is 0 Å². The average molecular weight is 219 g/mol. The van der Waals surface area contributed by atoms with Gasteiger partial charge in [0.1, 0.15) is 5.76 Å². The molecule has 1 aromatic heterocycles. The summed E-state index contributed by atoms with van der Waals surface area (Å²) in [5.74, 6) is 0.597. The molecular formula is C11H9NO2S. The first-order chi connectivity index (χ1) is 7.36. The summed E-state index contributed by atoms with van der Waals surface area (Å²) in [4.78, 5) is 0.681. The lowest BCUT2D eigenvalue weighted by Gasteiger charge is -1.93. The second kappa shape index (κ2) is 4.70. The van der Waals surface area contributed by atoms with Gasteiger partial charge in [-0.05, 0) is 24.3 Å². The number of benzene rings is 1. The zero-order valence-electron chi connectivity index (χ0n) is 7.87. The Bertz CT molecular complexity index is 463. The zero-order valence-corrected chi connectivity index (χ0v) is 8.68. The maximum absolute atomic E-state index is 11.6. The molecule has 0 N–H and O–H groups in total. The normalized spacial score (nSPS) is 13.1. The van der Waals surface area contributed by atoms with Crippen LogP contribution in [0.1, 0.15) is 5.76 Å². The van der Waals surface area contributed by atoms with Crippen LogP contribution < -0.4 is 0 Å². The van der Waals surface area contributed by atoms with Crippen LogP contribution in [-0.2, 0) is 11.0 Å². The van der Waals surface area contributed by atoms with Crippen molar-refractivity contribution in [2.45, 2.75) is 4.90 Å². The number of hydrogen-bond acceptors (Lipinski definition) is 2. The molecule has 1 atom stereocenters. The molecule has 3 nitrogen and oxygen atoms in total. The highest BCUT2D eigenvalue weighted by molar-refractivity contribution is 7.83. The maximum atomic E-state index is 11.6. The van der Waals surface area contributed by atoms with Gasteiger partial charge in [-0.1, -0.05) is 18.2 Å². The second-order valence-corrected chi connectivity index (χ2v) is 3.99. The molecule has 0 aliphatic rings. The number of rotatable bonds is 3. The zero-order chi connectivity index (χ0) is 10.5. The molecule has 76 valence electrons. The molecule has 0 aliphatic heterocycles. The van der Waals surface area contributed by atoms with Crippen molar-refractivity contribution in [1.29, 1.82) is 0 Å². The first-order valence-electron chi connectivity index (χ1n) is 4.41. The Morgan fingerprint density at radius 3 is 2.60 bits per heavy atom. The smallest absolute Gasteiger partial charge is 0.172 e. The lowest BCUT2D eigenvalue weighted by Crippen LogP contribution is -1.87. The Labute approximate surface area is 90.1 Å². The van der Waals surface area contributed by atoms with E-state index in [0.717, 1.165) is 0 Å². The summed E-state index contributed by atoms with van der Waals surface area (Å²) < 4.78 is 20.5. The van der Waals surface area contributed by atoms with E-state index in [4.69, 9.17) is 4.42 Å². The van der Waals surface area contributed by atoms with Gasteiger partial charge in [-0.15, -0.1) is 0 Å². The van der Waals surface area contributed by atoms with E-state index < -0.39 is 11.0 Å². The van der Waals surface area contributed by atoms with Crippen molar-refractivity contribution in [3.63, 3.8) is 0 Å². The summed E-state index contributed by atoms with van der Waals surface area (Å²) >= 11 is 0. The Hall–Kier alpha value is -1.68. The van der Waals surface area contributed by atoms with E-state index in [1.54, 1.807) is 30.5 Å². The van der Waals surface area contributed by atoms with Crippen molar-refractivity contribution in [3.8, 4) is 0 Å². The fraction of sp³-hybridized carbons (Fsp3) is 0. The molecule has 4 heteroatoms. The molecule has 1 aromatic carbocycles. The van der Waals surface area contributed by atoms with Gasteiger partial charge in [0, 0.05) is 0 Å². The molecule has 0 saturated heterocycles. The lowest BCUT2D eigenvalue weighted by molar-refractivity contribution is 0.560. The molecule has 2 aromatic rings. The van der Waals surface area contributed by atoms with Gasteiger partial charge in [0.25, 0.3) is 0 Å². The fourth-order valence-electron chi connectivity index (χ4n) is 1.06.